The quantitative estimate of drug-likeness (QED) is 0.722. The Morgan fingerprint density at radius 1 is 1.29 bits per heavy atom. The summed E-state index contributed by atoms with van der Waals surface area (Å²) in [6.07, 6.45) is 2.33. The predicted molar refractivity (Wildman–Crippen MR) is 108 cm³/mol. The molecule has 3 rings (SSSR count). The Labute approximate surface area is 166 Å². The first-order valence-corrected chi connectivity index (χ1v) is 10.1. The number of rotatable bonds is 6. The number of nitrogens with zero attached hydrogens (tertiary/aromatic N) is 1. The second-order valence-electron chi connectivity index (χ2n) is 7.56. The Bertz CT molecular complexity index is 957. The Hall–Kier alpha value is -2.61. The number of methoxy groups -OCH3 is 1. The molecule has 8 heteroatoms. The van der Waals surface area contributed by atoms with Crippen LogP contribution in [-0.4, -0.2) is 34.8 Å². The normalized spacial score (nSPS) is 17.0. The molecule has 2 aromatic rings. The van der Waals surface area contributed by atoms with Gasteiger partial charge in [-0.2, -0.15) is 0 Å². The van der Waals surface area contributed by atoms with Crippen molar-refractivity contribution in [2.75, 3.05) is 18.0 Å². The van der Waals surface area contributed by atoms with Crippen LogP contribution < -0.4 is 9.03 Å². The van der Waals surface area contributed by atoms with E-state index in [4.69, 9.17) is 4.74 Å². The van der Waals surface area contributed by atoms with Crippen molar-refractivity contribution in [3.05, 3.63) is 35.9 Å². The van der Waals surface area contributed by atoms with E-state index in [0.717, 1.165) is 29.2 Å². The van der Waals surface area contributed by atoms with E-state index in [1.54, 1.807) is 12.1 Å². The number of phenols is 1. The number of nitrogens with one attached hydrogen (secondary N) is 1. The molecule has 1 atom stereocenters. The second kappa shape index (κ2) is 7.79. The third kappa shape index (κ3) is 4.11. The first-order chi connectivity index (χ1) is 13.2. The molecule has 1 saturated heterocycles. The molecule has 1 unspecified atom stereocenters. The Kier molecular flexibility index (Phi) is 5.60. The van der Waals surface area contributed by atoms with Crippen molar-refractivity contribution in [1.29, 1.82) is 0 Å². The molecule has 2 N–H and O–H groups in total. The van der Waals surface area contributed by atoms with E-state index in [-0.39, 0.29) is 24.2 Å². The fourth-order valence-corrected chi connectivity index (χ4v) is 4.27. The third-order valence-electron chi connectivity index (χ3n) is 4.96. The summed E-state index contributed by atoms with van der Waals surface area (Å²) in [5.41, 5.74) is 0.930. The lowest BCUT2D eigenvalue weighted by Gasteiger charge is -2.21. The molecule has 1 amide bonds. The van der Waals surface area contributed by atoms with Gasteiger partial charge >= 0.3 is 5.97 Å². The van der Waals surface area contributed by atoms with Crippen molar-refractivity contribution in [1.82, 2.24) is 4.72 Å². The molecule has 1 fully saturated rings. The maximum absolute atomic E-state index is 12.0. The molecule has 150 valence electrons. The van der Waals surface area contributed by atoms with Crippen molar-refractivity contribution in [3.8, 4) is 5.75 Å². The highest BCUT2D eigenvalue weighted by Crippen LogP contribution is 2.34. The van der Waals surface area contributed by atoms with E-state index < -0.39 is 16.6 Å². The van der Waals surface area contributed by atoms with Gasteiger partial charge in [0, 0.05) is 0 Å². The molecule has 1 aliphatic rings. The molecule has 1 heterocycles. The van der Waals surface area contributed by atoms with Gasteiger partial charge in [-0.1, -0.05) is 18.2 Å². The molecule has 0 saturated carbocycles. The van der Waals surface area contributed by atoms with Crippen LogP contribution in [0.4, 0.5) is 5.69 Å². The average molecular weight is 404 g/mol. The summed E-state index contributed by atoms with van der Waals surface area (Å²) in [6, 6.07) is 9.27. The minimum absolute atomic E-state index is 0.0232. The number of carbonyl (C=O) groups excluding carboxylic acids is 2. The van der Waals surface area contributed by atoms with E-state index in [9.17, 15) is 18.9 Å². The van der Waals surface area contributed by atoms with Crippen molar-refractivity contribution < 1.29 is 23.6 Å². The number of amides is 1. The number of carbonyl (C=O) groups is 2. The molecular formula is C20H24N2O5S. The molecule has 0 aromatic heterocycles. The summed E-state index contributed by atoms with van der Waals surface area (Å²) >= 11 is -1.69. The first-order valence-electron chi connectivity index (χ1n) is 9.04. The first kappa shape index (κ1) is 20.1. The van der Waals surface area contributed by atoms with E-state index in [1.807, 2.05) is 32.0 Å². The smallest absolute Gasteiger partial charge is 0.311 e. The number of hydrogen-bond donors (Lipinski definition) is 2. The number of phenolic OH excluding ortho intramolecular Hbond substituents is 1. The van der Waals surface area contributed by atoms with E-state index in [2.05, 4.69) is 4.72 Å². The van der Waals surface area contributed by atoms with Gasteiger partial charge in [0.25, 0.3) is 5.91 Å². The monoisotopic (exact) mass is 404 g/mol. The molecule has 2 aromatic carbocycles. The number of hydrogen-bond acceptors (Lipinski definition) is 5. The largest absolute Gasteiger partial charge is 0.506 e. The van der Waals surface area contributed by atoms with Crippen LogP contribution in [0.3, 0.4) is 0 Å². The lowest BCUT2D eigenvalue weighted by atomic mass is 9.86. The molecule has 7 nitrogen and oxygen atoms in total. The van der Waals surface area contributed by atoms with Crippen LogP contribution in [-0.2, 0) is 31.9 Å². The minimum atomic E-state index is -1.69. The number of aromatic hydroxyl groups is 1. The highest BCUT2D eigenvalue weighted by Gasteiger charge is 2.29. The summed E-state index contributed by atoms with van der Waals surface area (Å²) in [4.78, 5) is 23.3. The van der Waals surface area contributed by atoms with Crippen LogP contribution in [0.15, 0.2) is 30.3 Å². The Morgan fingerprint density at radius 2 is 2.04 bits per heavy atom. The zero-order valence-corrected chi connectivity index (χ0v) is 17.0. The fraction of sp³-hybridized carbons (Fsp3) is 0.400. The minimum Gasteiger partial charge on any atom is -0.506 e. The van der Waals surface area contributed by atoms with Crippen molar-refractivity contribution in [3.63, 3.8) is 0 Å². The summed E-state index contributed by atoms with van der Waals surface area (Å²) in [5.74, 6) is -0.586. The van der Waals surface area contributed by atoms with E-state index >= 15 is 0 Å². The number of ether oxygens (including phenoxy) is 1. The molecule has 0 radical (unpaired) electrons. The Morgan fingerprint density at radius 3 is 2.68 bits per heavy atom. The fourth-order valence-electron chi connectivity index (χ4n) is 3.34. The van der Waals surface area contributed by atoms with Crippen molar-refractivity contribution in [2.24, 2.45) is 5.41 Å². The molecule has 0 aliphatic carbocycles. The van der Waals surface area contributed by atoms with Crippen LogP contribution in [0, 0.1) is 5.41 Å². The zero-order chi connectivity index (χ0) is 20.5. The molecular weight excluding hydrogens is 380 g/mol. The van der Waals surface area contributed by atoms with Gasteiger partial charge in [0.1, 0.15) is 12.3 Å². The number of benzene rings is 2. The van der Waals surface area contributed by atoms with Gasteiger partial charge in [0.15, 0.2) is 0 Å². The van der Waals surface area contributed by atoms with Gasteiger partial charge in [0.2, 0.25) is 11.2 Å². The average Bonchev–Trinajstić information content (AvgIpc) is 2.98. The van der Waals surface area contributed by atoms with Crippen LogP contribution >= 0.6 is 0 Å². The summed E-state index contributed by atoms with van der Waals surface area (Å²) < 4.78 is 20.5. The topological polar surface area (TPSA) is 95.9 Å². The van der Waals surface area contributed by atoms with Crippen molar-refractivity contribution in [2.45, 2.75) is 33.1 Å². The molecule has 0 bridgehead atoms. The number of aryl methyl sites for hydroxylation is 1. The van der Waals surface area contributed by atoms with Gasteiger partial charge < -0.3 is 9.84 Å². The van der Waals surface area contributed by atoms with Crippen molar-refractivity contribution >= 4 is 39.5 Å². The van der Waals surface area contributed by atoms with Crippen LogP contribution in [0.5, 0.6) is 5.75 Å². The molecule has 0 spiro atoms. The highest BCUT2D eigenvalue weighted by atomic mass is 32.2. The third-order valence-corrected chi connectivity index (χ3v) is 6.09. The SMILES string of the molecule is COC(=O)C(C)(C)CCCc1ccc2cc(O)c(N3CC(=O)NS3=O)cc2c1. The lowest BCUT2D eigenvalue weighted by molar-refractivity contribution is -0.151. The molecule has 1 aliphatic heterocycles. The van der Waals surface area contributed by atoms with E-state index in [0.29, 0.717) is 12.1 Å². The van der Waals surface area contributed by atoms with Gasteiger partial charge in [-0.25, -0.2) is 4.21 Å². The van der Waals surface area contributed by atoms with Crippen LogP contribution in [0.2, 0.25) is 0 Å². The summed E-state index contributed by atoms with van der Waals surface area (Å²) in [7, 11) is 1.40. The summed E-state index contributed by atoms with van der Waals surface area (Å²) in [5, 5.41) is 12.0. The number of anilines is 1. The van der Waals surface area contributed by atoms with Gasteiger partial charge in [-0.15, -0.1) is 0 Å². The van der Waals surface area contributed by atoms with Crippen LogP contribution in [0.25, 0.3) is 10.8 Å². The Balaban J connectivity index is 1.79. The number of fused-ring (bicyclic) bond motifs is 1. The summed E-state index contributed by atoms with van der Waals surface area (Å²) in [6.45, 7) is 3.69. The van der Waals surface area contributed by atoms with Gasteiger partial charge in [-0.3, -0.25) is 18.6 Å². The van der Waals surface area contributed by atoms with Gasteiger partial charge in [0.05, 0.1) is 18.2 Å². The maximum Gasteiger partial charge on any atom is 0.311 e. The highest BCUT2D eigenvalue weighted by molar-refractivity contribution is 7.85. The predicted octanol–water partition coefficient (Wildman–Crippen LogP) is 2.58. The molecule has 28 heavy (non-hydrogen) atoms. The second-order valence-corrected chi connectivity index (χ2v) is 8.71. The maximum atomic E-state index is 12.0. The standard InChI is InChI=1S/C20H24N2O5S/c1-20(2,19(25)27-3)8-4-5-13-6-7-14-11-17(23)16(10-15(14)9-13)22-12-18(24)21-28(22)26/h6-7,9-11,23H,4-5,8,12H2,1-3H3,(H,21,24). The van der Waals surface area contributed by atoms with E-state index in [1.165, 1.54) is 11.4 Å². The van der Waals surface area contributed by atoms with Crippen LogP contribution in [0.1, 0.15) is 32.3 Å². The lowest BCUT2D eigenvalue weighted by Crippen LogP contribution is -2.25. The number of esters is 1. The van der Waals surface area contributed by atoms with Gasteiger partial charge in [-0.05, 0) is 61.6 Å². The zero-order valence-electron chi connectivity index (χ0n) is 16.2.